The fourth-order valence-corrected chi connectivity index (χ4v) is 2.66. The highest BCUT2D eigenvalue weighted by Gasteiger charge is 2.11. The number of aliphatic hydroxyl groups excluding tert-OH is 1. The van der Waals surface area contributed by atoms with Crippen LogP contribution in [0.5, 0.6) is 11.5 Å². The molecule has 0 aliphatic rings. The van der Waals surface area contributed by atoms with Gasteiger partial charge in [-0.2, -0.15) is 0 Å². The number of halogens is 1. The third-order valence-corrected chi connectivity index (χ3v) is 3.89. The molecule has 4 heteroatoms. The third-order valence-electron chi connectivity index (χ3n) is 3.28. The van der Waals surface area contributed by atoms with Crippen molar-refractivity contribution in [3.8, 4) is 11.5 Å². The third kappa shape index (κ3) is 3.99. The largest absolute Gasteiger partial charge is 0.496 e. The Bertz CT molecular complexity index is 598. The maximum atomic E-state index is 10.0. The molecule has 1 N–H and O–H groups in total. The van der Waals surface area contributed by atoms with Gasteiger partial charge in [0.1, 0.15) is 18.1 Å². The van der Waals surface area contributed by atoms with Gasteiger partial charge in [-0.1, -0.05) is 31.2 Å². The molecule has 2 rings (SSSR count). The van der Waals surface area contributed by atoms with Crippen LogP contribution in [0, 0.1) is 0 Å². The van der Waals surface area contributed by atoms with E-state index in [0.29, 0.717) is 13.0 Å². The van der Waals surface area contributed by atoms with Crippen molar-refractivity contribution < 1.29 is 14.6 Å². The fourth-order valence-electron chi connectivity index (χ4n) is 2.07. The van der Waals surface area contributed by atoms with Crippen LogP contribution >= 0.6 is 15.9 Å². The number of benzene rings is 2. The average Bonchev–Trinajstić information content (AvgIpc) is 2.52. The van der Waals surface area contributed by atoms with Crippen LogP contribution in [0.2, 0.25) is 0 Å². The molecule has 0 saturated carbocycles. The van der Waals surface area contributed by atoms with E-state index in [2.05, 4.69) is 15.9 Å². The topological polar surface area (TPSA) is 38.7 Å². The summed E-state index contributed by atoms with van der Waals surface area (Å²) in [6, 6.07) is 13.4. The van der Waals surface area contributed by atoms with Crippen molar-refractivity contribution in [2.75, 3.05) is 7.11 Å². The lowest BCUT2D eigenvalue weighted by Gasteiger charge is -2.15. The zero-order valence-electron chi connectivity index (χ0n) is 12.2. The molecule has 1 unspecified atom stereocenters. The van der Waals surface area contributed by atoms with E-state index in [-0.39, 0.29) is 0 Å². The summed E-state index contributed by atoms with van der Waals surface area (Å²) in [5.74, 6) is 1.51. The molecule has 21 heavy (non-hydrogen) atoms. The SMILES string of the molecule is CCC(O)c1ccccc1OCc1ccc(OC)c(Br)c1. The van der Waals surface area contributed by atoms with Crippen molar-refractivity contribution >= 4 is 15.9 Å². The summed E-state index contributed by atoms with van der Waals surface area (Å²) in [5.41, 5.74) is 1.86. The van der Waals surface area contributed by atoms with Crippen LogP contribution < -0.4 is 9.47 Å². The highest BCUT2D eigenvalue weighted by Crippen LogP contribution is 2.29. The molecule has 0 spiro atoms. The van der Waals surface area contributed by atoms with Gasteiger partial charge in [-0.25, -0.2) is 0 Å². The van der Waals surface area contributed by atoms with Crippen molar-refractivity contribution in [1.82, 2.24) is 0 Å². The first-order valence-electron chi connectivity index (χ1n) is 6.88. The van der Waals surface area contributed by atoms with Crippen LogP contribution in [-0.2, 0) is 6.61 Å². The van der Waals surface area contributed by atoms with E-state index in [1.165, 1.54) is 0 Å². The van der Waals surface area contributed by atoms with Crippen LogP contribution in [0.3, 0.4) is 0 Å². The molecule has 0 amide bonds. The van der Waals surface area contributed by atoms with E-state index in [1.807, 2.05) is 49.4 Å². The average molecular weight is 351 g/mol. The van der Waals surface area contributed by atoms with Crippen LogP contribution in [-0.4, -0.2) is 12.2 Å². The zero-order chi connectivity index (χ0) is 15.2. The van der Waals surface area contributed by atoms with Crippen LogP contribution in [0.1, 0.15) is 30.6 Å². The van der Waals surface area contributed by atoms with Gasteiger partial charge in [0.25, 0.3) is 0 Å². The Morgan fingerprint density at radius 2 is 1.90 bits per heavy atom. The Balaban J connectivity index is 2.11. The van der Waals surface area contributed by atoms with Crippen molar-refractivity contribution in [1.29, 1.82) is 0 Å². The number of hydrogen-bond acceptors (Lipinski definition) is 3. The van der Waals surface area contributed by atoms with Crippen molar-refractivity contribution in [2.24, 2.45) is 0 Å². The second-order valence-electron chi connectivity index (χ2n) is 4.72. The molecule has 1 atom stereocenters. The molecular weight excluding hydrogens is 332 g/mol. The van der Waals surface area contributed by atoms with Gasteiger partial charge in [0, 0.05) is 5.56 Å². The molecule has 0 heterocycles. The fraction of sp³-hybridized carbons (Fsp3) is 0.294. The molecule has 0 bridgehead atoms. The number of hydrogen-bond donors (Lipinski definition) is 1. The van der Waals surface area contributed by atoms with Gasteiger partial charge in [0.2, 0.25) is 0 Å². The summed E-state index contributed by atoms with van der Waals surface area (Å²) in [6.07, 6.45) is 0.165. The maximum absolute atomic E-state index is 10.0. The van der Waals surface area contributed by atoms with Crippen LogP contribution in [0.15, 0.2) is 46.9 Å². The van der Waals surface area contributed by atoms with Gasteiger partial charge >= 0.3 is 0 Å². The molecular formula is C17H19BrO3. The highest BCUT2D eigenvalue weighted by molar-refractivity contribution is 9.10. The first kappa shape index (κ1) is 15.9. The maximum Gasteiger partial charge on any atom is 0.133 e. The Morgan fingerprint density at radius 3 is 2.57 bits per heavy atom. The number of methoxy groups -OCH3 is 1. The minimum absolute atomic E-state index is 0.441. The van der Waals surface area contributed by atoms with E-state index >= 15 is 0 Å². The Kier molecular flexibility index (Phi) is 5.65. The van der Waals surface area contributed by atoms with Crippen molar-refractivity contribution in [3.05, 3.63) is 58.1 Å². The molecule has 0 saturated heterocycles. The predicted molar refractivity (Wildman–Crippen MR) is 86.7 cm³/mol. The van der Waals surface area contributed by atoms with Gasteiger partial charge in [-0.05, 0) is 46.1 Å². The first-order chi connectivity index (χ1) is 10.2. The molecule has 112 valence electrons. The number of ether oxygens (including phenoxy) is 2. The molecule has 0 aromatic heterocycles. The number of rotatable bonds is 6. The molecule has 2 aromatic rings. The van der Waals surface area contributed by atoms with Gasteiger partial charge in [0.05, 0.1) is 17.7 Å². The molecule has 2 aromatic carbocycles. The number of para-hydroxylation sites is 1. The van der Waals surface area contributed by atoms with E-state index in [4.69, 9.17) is 9.47 Å². The van der Waals surface area contributed by atoms with E-state index in [1.54, 1.807) is 7.11 Å². The summed E-state index contributed by atoms with van der Waals surface area (Å²) in [7, 11) is 1.64. The smallest absolute Gasteiger partial charge is 0.133 e. The molecule has 0 fully saturated rings. The quantitative estimate of drug-likeness (QED) is 0.834. The van der Waals surface area contributed by atoms with Gasteiger partial charge in [-0.15, -0.1) is 0 Å². The van der Waals surface area contributed by atoms with Crippen molar-refractivity contribution in [2.45, 2.75) is 26.1 Å². The lowest BCUT2D eigenvalue weighted by Crippen LogP contribution is -2.02. The van der Waals surface area contributed by atoms with E-state index < -0.39 is 6.10 Å². The molecule has 0 radical (unpaired) electrons. The first-order valence-corrected chi connectivity index (χ1v) is 7.67. The molecule has 0 aliphatic heterocycles. The monoisotopic (exact) mass is 350 g/mol. The summed E-state index contributed by atoms with van der Waals surface area (Å²) >= 11 is 3.46. The zero-order valence-corrected chi connectivity index (χ0v) is 13.8. The van der Waals surface area contributed by atoms with E-state index in [0.717, 1.165) is 27.1 Å². The molecule has 0 aliphatic carbocycles. The second kappa shape index (κ2) is 7.48. The Labute approximate surface area is 133 Å². The van der Waals surface area contributed by atoms with Gasteiger partial charge < -0.3 is 14.6 Å². The van der Waals surface area contributed by atoms with Gasteiger partial charge in [0.15, 0.2) is 0 Å². The van der Waals surface area contributed by atoms with Crippen LogP contribution in [0.25, 0.3) is 0 Å². The predicted octanol–water partition coefficient (Wildman–Crippen LogP) is 4.48. The summed E-state index contributed by atoms with van der Waals surface area (Å²) in [4.78, 5) is 0. The minimum atomic E-state index is -0.496. The minimum Gasteiger partial charge on any atom is -0.496 e. The normalized spacial score (nSPS) is 12.0. The van der Waals surface area contributed by atoms with Crippen molar-refractivity contribution in [3.63, 3.8) is 0 Å². The standard InChI is InChI=1S/C17H19BrO3/c1-3-15(19)13-6-4-5-7-16(13)21-11-12-8-9-17(20-2)14(18)10-12/h4-10,15,19H,3,11H2,1-2H3. The summed E-state index contributed by atoms with van der Waals surface area (Å²) < 4.78 is 12.0. The summed E-state index contributed by atoms with van der Waals surface area (Å²) in [5, 5.41) is 10.0. The summed E-state index contributed by atoms with van der Waals surface area (Å²) in [6.45, 7) is 2.39. The Hall–Kier alpha value is -1.52. The Morgan fingerprint density at radius 1 is 1.14 bits per heavy atom. The van der Waals surface area contributed by atoms with Gasteiger partial charge in [-0.3, -0.25) is 0 Å². The van der Waals surface area contributed by atoms with Crippen LogP contribution in [0.4, 0.5) is 0 Å². The lowest BCUT2D eigenvalue weighted by atomic mass is 10.1. The molecule has 3 nitrogen and oxygen atoms in total. The second-order valence-corrected chi connectivity index (χ2v) is 5.57. The lowest BCUT2D eigenvalue weighted by molar-refractivity contribution is 0.166. The number of aliphatic hydroxyl groups is 1. The highest BCUT2D eigenvalue weighted by atomic mass is 79.9. The van der Waals surface area contributed by atoms with E-state index in [9.17, 15) is 5.11 Å².